The first kappa shape index (κ1) is 20.3. The maximum absolute atomic E-state index is 12.2. The molecule has 0 saturated carbocycles. The van der Waals surface area contributed by atoms with Crippen LogP contribution in [0.15, 0.2) is 72.8 Å². The lowest BCUT2D eigenvalue weighted by molar-refractivity contribution is -0.118. The topological polar surface area (TPSA) is 56.8 Å². The highest BCUT2D eigenvalue weighted by atomic mass is 16.5. The van der Waals surface area contributed by atoms with Gasteiger partial charge in [-0.1, -0.05) is 36.4 Å². The zero-order valence-corrected chi connectivity index (χ0v) is 16.7. The minimum Gasteiger partial charge on any atom is -0.493 e. The number of hydrogen-bond acceptors (Lipinski definition) is 4. The minimum atomic E-state index is -0.245. The van der Waals surface area contributed by atoms with E-state index >= 15 is 0 Å². The third kappa shape index (κ3) is 6.28. The maximum atomic E-state index is 12.2. The number of rotatable bonds is 9. The summed E-state index contributed by atoms with van der Waals surface area (Å²) < 4.78 is 16.6. The SMILES string of the molecule is COc1cc(C)ccc1OCC(=O)Nc1ccc(OCCc2ccccc2)cc1. The Hall–Kier alpha value is -3.47. The first-order valence-electron chi connectivity index (χ1n) is 9.48. The summed E-state index contributed by atoms with van der Waals surface area (Å²) >= 11 is 0. The summed E-state index contributed by atoms with van der Waals surface area (Å²) in [4.78, 5) is 12.2. The van der Waals surface area contributed by atoms with Crippen LogP contribution in [0.2, 0.25) is 0 Å². The summed E-state index contributed by atoms with van der Waals surface area (Å²) in [6.45, 7) is 2.46. The Labute approximate surface area is 171 Å². The fourth-order valence-corrected chi connectivity index (χ4v) is 2.80. The van der Waals surface area contributed by atoms with E-state index in [2.05, 4.69) is 17.4 Å². The van der Waals surface area contributed by atoms with Gasteiger partial charge in [0.05, 0.1) is 13.7 Å². The van der Waals surface area contributed by atoms with E-state index in [1.807, 2.05) is 61.5 Å². The van der Waals surface area contributed by atoms with Crippen LogP contribution in [0.3, 0.4) is 0 Å². The Balaban J connectivity index is 1.45. The average Bonchev–Trinajstić information content (AvgIpc) is 2.75. The largest absolute Gasteiger partial charge is 0.493 e. The zero-order valence-electron chi connectivity index (χ0n) is 16.7. The molecule has 3 rings (SSSR count). The van der Waals surface area contributed by atoms with Gasteiger partial charge in [-0.2, -0.15) is 0 Å². The van der Waals surface area contributed by atoms with Gasteiger partial charge in [0.15, 0.2) is 18.1 Å². The number of hydrogen-bond donors (Lipinski definition) is 1. The van der Waals surface area contributed by atoms with Crippen LogP contribution in [0.25, 0.3) is 0 Å². The fourth-order valence-electron chi connectivity index (χ4n) is 2.80. The molecular weight excluding hydrogens is 366 g/mol. The van der Waals surface area contributed by atoms with Crippen molar-refractivity contribution in [2.24, 2.45) is 0 Å². The van der Waals surface area contributed by atoms with Crippen molar-refractivity contribution >= 4 is 11.6 Å². The van der Waals surface area contributed by atoms with E-state index < -0.39 is 0 Å². The molecule has 0 aliphatic carbocycles. The first-order valence-corrected chi connectivity index (χ1v) is 9.48. The van der Waals surface area contributed by atoms with Crippen molar-refractivity contribution in [2.75, 3.05) is 25.6 Å². The highest BCUT2D eigenvalue weighted by molar-refractivity contribution is 5.91. The zero-order chi connectivity index (χ0) is 20.5. The normalized spacial score (nSPS) is 10.3. The molecule has 0 aliphatic rings. The molecule has 5 heteroatoms. The fraction of sp³-hybridized carbons (Fsp3) is 0.208. The highest BCUT2D eigenvalue weighted by Gasteiger charge is 2.08. The molecule has 0 aliphatic heterocycles. The molecule has 0 atom stereocenters. The Bertz CT molecular complexity index is 923. The number of benzene rings is 3. The van der Waals surface area contributed by atoms with E-state index in [1.54, 1.807) is 13.2 Å². The predicted molar refractivity (Wildman–Crippen MR) is 114 cm³/mol. The van der Waals surface area contributed by atoms with Gasteiger partial charge in [0.2, 0.25) is 0 Å². The van der Waals surface area contributed by atoms with Crippen LogP contribution in [0.1, 0.15) is 11.1 Å². The Kier molecular flexibility index (Phi) is 7.11. The third-order valence-electron chi connectivity index (χ3n) is 4.32. The third-order valence-corrected chi connectivity index (χ3v) is 4.32. The number of methoxy groups -OCH3 is 1. The van der Waals surface area contributed by atoms with Crippen LogP contribution in [-0.4, -0.2) is 26.2 Å². The monoisotopic (exact) mass is 391 g/mol. The Morgan fingerprint density at radius 1 is 0.897 bits per heavy atom. The van der Waals surface area contributed by atoms with E-state index in [-0.39, 0.29) is 12.5 Å². The van der Waals surface area contributed by atoms with Gasteiger partial charge >= 0.3 is 0 Å². The van der Waals surface area contributed by atoms with Gasteiger partial charge in [-0.05, 0) is 54.4 Å². The quantitative estimate of drug-likeness (QED) is 0.577. The number of ether oxygens (including phenoxy) is 3. The number of carbonyl (C=O) groups is 1. The Morgan fingerprint density at radius 3 is 2.38 bits per heavy atom. The molecule has 3 aromatic rings. The van der Waals surface area contributed by atoms with Crippen LogP contribution in [-0.2, 0) is 11.2 Å². The molecule has 0 unspecified atom stereocenters. The molecular formula is C24H25NO4. The van der Waals surface area contributed by atoms with E-state index in [0.29, 0.717) is 23.8 Å². The second-order valence-corrected chi connectivity index (χ2v) is 6.60. The van der Waals surface area contributed by atoms with Gasteiger partial charge in [-0.25, -0.2) is 0 Å². The summed E-state index contributed by atoms with van der Waals surface area (Å²) in [6, 6.07) is 23.1. The molecule has 5 nitrogen and oxygen atoms in total. The van der Waals surface area contributed by atoms with Crippen molar-refractivity contribution in [3.8, 4) is 17.2 Å². The van der Waals surface area contributed by atoms with Gasteiger partial charge in [-0.15, -0.1) is 0 Å². The summed E-state index contributed by atoms with van der Waals surface area (Å²) in [6.07, 6.45) is 0.846. The van der Waals surface area contributed by atoms with E-state index in [1.165, 1.54) is 5.56 Å². The van der Waals surface area contributed by atoms with Crippen LogP contribution in [0.4, 0.5) is 5.69 Å². The molecule has 0 bridgehead atoms. The van der Waals surface area contributed by atoms with Crippen LogP contribution in [0.5, 0.6) is 17.2 Å². The van der Waals surface area contributed by atoms with Crippen LogP contribution < -0.4 is 19.5 Å². The molecule has 150 valence electrons. The summed E-state index contributed by atoms with van der Waals surface area (Å²) in [7, 11) is 1.57. The van der Waals surface area contributed by atoms with Crippen molar-refractivity contribution < 1.29 is 19.0 Å². The number of carbonyl (C=O) groups excluding carboxylic acids is 1. The van der Waals surface area contributed by atoms with Crippen molar-refractivity contribution in [3.63, 3.8) is 0 Å². The maximum Gasteiger partial charge on any atom is 0.262 e. The molecule has 0 aromatic heterocycles. The smallest absolute Gasteiger partial charge is 0.262 e. The van der Waals surface area contributed by atoms with Crippen molar-refractivity contribution in [1.29, 1.82) is 0 Å². The van der Waals surface area contributed by atoms with Crippen LogP contribution in [0, 0.1) is 6.92 Å². The lowest BCUT2D eigenvalue weighted by atomic mass is 10.2. The number of aryl methyl sites for hydroxylation is 1. The van der Waals surface area contributed by atoms with Crippen molar-refractivity contribution in [2.45, 2.75) is 13.3 Å². The average molecular weight is 391 g/mol. The van der Waals surface area contributed by atoms with E-state index in [9.17, 15) is 4.79 Å². The molecule has 0 radical (unpaired) electrons. The number of nitrogens with one attached hydrogen (secondary N) is 1. The molecule has 1 amide bonds. The van der Waals surface area contributed by atoms with Crippen molar-refractivity contribution in [1.82, 2.24) is 0 Å². The molecule has 0 saturated heterocycles. The molecule has 3 aromatic carbocycles. The Morgan fingerprint density at radius 2 is 1.66 bits per heavy atom. The molecule has 1 N–H and O–H groups in total. The molecule has 0 heterocycles. The summed E-state index contributed by atoms with van der Waals surface area (Å²) in [5.41, 5.74) is 2.98. The standard InChI is InChI=1S/C24H25NO4/c1-18-8-13-22(23(16-18)27-2)29-17-24(26)25-20-9-11-21(12-10-20)28-15-14-19-6-4-3-5-7-19/h3-13,16H,14-15,17H2,1-2H3,(H,25,26). The molecule has 0 fully saturated rings. The van der Waals surface area contributed by atoms with E-state index in [4.69, 9.17) is 14.2 Å². The van der Waals surface area contributed by atoms with Gasteiger partial charge in [0.1, 0.15) is 5.75 Å². The molecule has 29 heavy (non-hydrogen) atoms. The van der Waals surface area contributed by atoms with E-state index in [0.717, 1.165) is 17.7 Å². The summed E-state index contributed by atoms with van der Waals surface area (Å²) in [5.74, 6) is 1.66. The van der Waals surface area contributed by atoms with Gasteiger partial charge < -0.3 is 19.5 Å². The summed E-state index contributed by atoms with van der Waals surface area (Å²) in [5, 5.41) is 2.81. The van der Waals surface area contributed by atoms with Gasteiger partial charge in [0, 0.05) is 12.1 Å². The lowest BCUT2D eigenvalue weighted by Crippen LogP contribution is -2.20. The number of amides is 1. The lowest BCUT2D eigenvalue weighted by Gasteiger charge is -2.12. The second-order valence-electron chi connectivity index (χ2n) is 6.60. The van der Waals surface area contributed by atoms with Crippen molar-refractivity contribution in [3.05, 3.63) is 83.9 Å². The highest BCUT2D eigenvalue weighted by Crippen LogP contribution is 2.27. The predicted octanol–water partition coefficient (Wildman–Crippen LogP) is 4.64. The second kappa shape index (κ2) is 10.2. The number of anilines is 1. The minimum absolute atomic E-state index is 0.102. The van der Waals surface area contributed by atoms with Crippen LogP contribution >= 0.6 is 0 Å². The first-order chi connectivity index (χ1) is 14.1. The van der Waals surface area contributed by atoms with Gasteiger partial charge in [0.25, 0.3) is 5.91 Å². The molecule has 0 spiro atoms. The van der Waals surface area contributed by atoms with Gasteiger partial charge in [-0.3, -0.25) is 4.79 Å².